The molecule has 188 valence electrons. The number of rotatable bonds is 8. The van der Waals surface area contributed by atoms with Gasteiger partial charge in [-0.3, -0.25) is 14.4 Å². The fourth-order valence-corrected chi connectivity index (χ4v) is 5.19. The molecule has 4 aromatic rings. The first-order valence-electron chi connectivity index (χ1n) is 10.6. The van der Waals surface area contributed by atoms with Crippen molar-refractivity contribution in [3.63, 3.8) is 0 Å². The normalized spacial score (nSPS) is 11.5. The molecule has 1 heterocycles. The number of nitrogens with one attached hydrogen (secondary N) is 1. The summed E-state index contributed by atoms with van der Waals surface area (Å²) in [6, 6.07) is 16.8. The second-order valence-corrected chi connectivity index (χ2v) is 11.0. The Morgan fingerprint density at radius 3 is 2.39 bits per heavy atom. The van der Waals surface area contributed by atoms with E-state index in [1.165, 1.54) is 44.6 Å². The molecule has 0 aliphatic carbocycles. The van der Waals surface area contributed by atoms with Gasteiger partial charge in [0.15, 0.2) is 16.6 Å². The number of aromatic nitrogens is 1. The highest BCUT2D eigenvalue weighted by molar-refractivity contribution is 7.90. The number of hydrogen-bond acceptors (Lipinski definition) is 7. The maximum atomic E-state index is 13.8. The molecular formula is C24H23ClN4O5S2. The summed E-state index contributed by atoms with van der Waals surface area (Å²) in [7, 11) is 2.23. The topological polar surface area (TPSA) is 101 Å². The third-order valence-corrected chi connectivity index (χ3v) is 8.02. The summed E-state index contributed by atoms with van der Waals surface area (Å²) < 4.78 is 39.5. The summed E-state index contributed by atoms with van der Waals surface area (Å²) in [4.78, 5) is 19.9. The van der Waals surface area contributed by atoms with E-state index in [9.17, 15) is 13.2 Å². The minimum absolute atomic E-state index is 0.299. The van der Waals surface area contributed by atoms with E-state index in [0.29, 0.717) is 48.8 Å². The minimum Gasteiger partial charge on any atom is -0.493 e. The van der Waals surface area contributed by atoms with Crippen molar-refractivity contribution < 1.29 is 22.7 Å². The summed E-state index contributed by atoms with van der Waals surface area (Å²) in [5.74, 6) is 0.558. The van der Waals surface area contributed by atoms with E-state index in [4.69, 9.17) is 21.1 Å². The van der Waals surface area contributed by atoms with Crippen LogP contribution in [0, 0.1) is 0 Å². The van der Waals surface area contributed by atoms with Gasteiger partial charge in [0, 0.05) is 20.2 Å². The van der Waals surface area contributed by atoms with Crippen LogP contribution >= 0.6 is 22.9 Å². The molecule has 0 radical (unpaired) electrons. The first-order valence-corrected chi connectivity index (χ1v) is 13.2. The summed E-state index contributed by atoms with van der Waals surface area (Å²) >= 11 is 7.58. The standard InChI is InChI=1S/C24H23ClN4O5S2/c1-28(2)36(31,32)27-15-9-11-19-22(13-15)35-24(26-19)29(23(30)17-7-5-6-8-18(17)25)16-10-12-20(33-3)21(14-16)34-4/h5-14,27H,1-4H3. The minimum atomic E-state index is -3.68. The zero-order chi connectivity index (χ0) is 26.0. The van der Waals surface area contributed by atoms with Gasteiger partial charge in [-0.05, 0) is 42.5 Å². The predicted octanol–water partition coefficient (Wildman–Crippen LogP) is 5.16. The van der Waals surface area contributed by atoms with Crippen molar-refractivity contribution in [1.82, 2.24) is 9.29 Å². The number of fused-ring (bicyclic) bond motifs is 1. The van der Waals surface area contributed by atoms with Gasteiger partial charge in [0.25, 0.3) is 5.91 Å². The second-order valence-electron chi connectivity index (χ2n) is 7.73. The molecule has 1 amide bonds. The van der Waals surface area contributed by atoms with Crippen LogP contribution in [0.3, 0.4) is 0 Å². The Morgan fingerprint density at radius 2 is 1.72 bits per heavy atom. The van der Waals surface area contributed by atoms with Gasteiger partial charge in [-0.15, -0.1) is 0 Å². The summed E-state index contributed by atoms with van der Waals surface area (Å²) in [6.07, 6.45) is 0. The molecule has 12 heteroatoms. The number of halogens is 1. The molecule has 0 saturated carbocycles. The number of thiazole rings is 1. The summed E-state index contributed by atoms with van der Waals surface area (Å²) in [6.45, 7) is 0. The quantitative estimate of drug-likeness (QED) is 0.327. The Kier molecular flexibility index (Phi) is 7.36. The van der Waals surface area contributed by atoms with E-state index < -0.39 is 10.2 Å². The molecule has 4 rings (SSSR count). The van der Waals surface area contributed by atoms with Gasteiger partial charge in [-0.25, -0.2) is 4.98 Å². The monoisotopic (exact) mass is 546 g/mol. The number of carbonyl (C=O) groups is 1. The molecule has 3 aromatic carbocycles. The Morgan fingerprint density at radius 1 is 1.00 bits per heavy atom. The van der Waals surface area contributed by atoms with Crippen molar-refractivity contribution >= 4 is 65.8 Å². The Balaban J connectivity index is 1.84. The molecule has 0 atom stereocenters. The average molecular weight is 547 g/mol. The SMILES string of the molecule is COc1ccc(N(C(=O)c2ccccc2Cl)c2nc3ccc(NS(=O)(=O)N(C)C)cc3s2)cc1OC. The Labute approximate surface area is 218 Å². The Bertz CT molecular complexity index is 1540. The molecule has 0 bridgehead atoms. The molecule has 0 unspecified atom stereocenters. The molecule has 0 fully saturated rings. The number of amides is 1. The first-order chi connectivity index (χ1) is 17.1. The molecule has 0 saturated heterocycles. The van der Waals surface area contributed by atoms with E-state index >= 15 is 0 Å². The first kappa shape index (κ1) is 25.7. The number of methoxy groups -OCH3 is 2. The number of carbonyl (C=O) groups excluding carboxylic acids is 1. The molecule has 0 spiro atoms. The highest BCUT2D eigenvalue weighted by Gasteiger charge is 2.26. The number of benzene rings is 3. The zero-order valence-corrected chi connectivity index (χ0v) is 22.2. The van der Waals surface area contributed by atoms with Gasteiger partial charge >= 0.3 is 10.2 Å². The average Bonchev–Trinajstić information content (AvgIpc) is 3.26. The fraction of sp³-hybridized carbons (Fsp3) is 0.167. The zero-order valence-electron chi connectivity index (χ0n) is 19.9. The predicted molar refractivity (Wildman–Crippen MR) is 143 cm³/mol. The van der Waals surface area contributed by atoms with Crippen LogP contribution in [-0.4, -0.2) is 51.9 Å². The van der Waals surface area contributed by atoms with Gasteiger partial charge in [0.2, 0.25) is 0 Å². The number of nitrogens with zero attached hydrogens (tertiary/aromatic N) is 3. The number of ether oxygens (including phenoxy) is 2. The van der Waals surface area contributed by atoms with E-state index in [2.05, 4.69) is 9.71 Å². The molecule has 0 aliphatic heterocycles. The van der Waals surface area contributed by atoms with Crippen LogP contribution in [0.15, 0.2) is 60.7 Å². The maximum Gasteiger partial charge on any atom is 0.301 e. The van der Waals surface area contributed by atoms with E-state index in [0.717, 1.165) is 4.31 Å². The van der Waals surface area contributed by atoms with Gasteiger partial charge in [0.05, 0.1) is 46.4 Å². The van der Waals surface area contributed by atoms with E-state index in [1.54, 1.807) is 60.7 Å². The van der Waals surface area contributed by atoms with Crippen LogP contribution in [0.1, 0.15) is 10.4 Å². The lowest BCUT2D eigenvalue weighted by Gasteiger charge is -2.22. The smallest absolute Gasteiger partial charge is 0.301 e. The number of anilines is 3. The Hall–Kier alpha value is -3.38. The highest BCUT2D eigenvalue weighted by Crippen LogP contribution is 2.39. The molecule has 1 N–H and O–H groups in total. The van der Waals surface area contributed by atoms with Gasteiger partial charge < -0.3 is 9.47 Å². The molecular weight excluding hydrogens is 524 g/mol. The molecule has 0 aliphatic rings. The molecule has 1 aromatic heterocycles. The maximum absolute atomic E-state index is 13.8. The van der Waals surface area contributed by atoms with E-state index in [-0.39, 0.29) is 5.91 Å². The summed E-state index contributed by atoms with van der Waals surface area (Å²) in [5, 5.41) is 0.671. The van der Waals surface area contributed by atoms with Crippen LogP contribution in [0.25, 0.3) is 10.2 Å². The van der Waals surface area contributed by atoms with Crippen LogP contribution < -0.4 is 19.1 Å². The van der Waals surface area contributed by atoms with Crippen LogP contribution in [0.2, 0.25) is 5.02 Å². The van der Waals surface area contributed by atoms with Crippen molar-refractivity contribution in [3.8, 4) is 11.5 Å². The second kappa shape index (κ2) is 10.3. The van der Waals surface area contributed by atoms with Gasteiger partial charge in [0.1, 0.15) is 0 Å². The van der Waals surface area contributed by atoms with Crippen molar-refractivity contribution in [1.29, 1.82) is 0 Å². The highest BCUT2D eigenvalue weighted by atomic mass is 35.5. The lowest BCUT2D eigenvalue weighted by Crippen LogP contribution is -2.28. The number of hydrogen-bond donors (Lipinski definition) is 1. The molecule has 36 heavy (non-hydrogen) atoms. The van der Waals surface area contributed by atoms with Crippen molar-refractivity contribution in [2.24, 2.45) is 0 Å². The third kappa shape index (κ3) is 5.09. The largest absolute Gasteiger partial charge is 0.493 e. The fourth-order valence-electron chi connectivity index (χ4n) is 3.35. The van der Waals surface area contributed by atoms with Crippen LogP contribution in [0.4, 0.5) is 16.5 Å². The molecule has 9 nitrogen and oxygen atoms in total. The van der Waals surface area contributed by atoms with Crippen molar-refractivity contribution in [2.45, 2.75) is 0 Å². The lowest BCUT2D eigenvalue weighted by atomic mass is 10.1. The third-order valence-electron chi connectivity index (χ3n) is 5.23. The van der Waals surface area contributed by atoms with Crippen molar-refractivity contribution in [2.75, 3.05) is 37.9 Å². The lowest BCUT2D eigenvalue weighted by molar-refractivity contribution is 0.0999. The summed E-state index contributed by atoms with van der Waals surface area (Å²) in [5.41, 5.74) is 1.76. The van der Waals surface area contributed by atoms with Gasteiger partial charge in [-0.2, -0.15) is 12.7 Å². The van der Waals surface area contributed by atoms with Crippen LogP contribution in [-0.2, 0) is 10.2 Å². The van der Waals surface area contributed by atoms with Crippen LogP contribution in [0.5, 0.6) is 11.5 Å². The van der Waals surface area contributed by atoms with Gasteiger partial charge in [-0.1, -0.05) is 35.1 Å². The van der Waals surface area contributed by atoms with E-state index in [1.807, 2.05) is 0 Å². The van der Waals surface area contributed by atoms with Crippen molar-refractivity contribution in [3.05, 3.63) is 71.2 Å².